The highest BCUT2D eigenvalue weighted by Gasteiger charge is 2.04. The molecular formula is C17H14N4. The summed E-state index contributed by atoms with van der Waals surface area (Å²) in [6.45, 7) is 0. The average molecular weight is 274 g/mol. The fourth-order valence-electron chi connectivity index (χ4n) is 2.26. The molecule has 0 radical (unpaired) electrons. The molecule has 3 N–H and O–H groups in total. The molecule has 0 aliphatic rings. The van der Waals surface area contributed by atoms with Gasteiger partial charge in [-0.15, -0.1) is 0 Å². The Morgan fingerprint density at radius 3 is 2.67 bits per heavy atom. The number of nitrogen functional groups attached to an aromatic ring is 1. The van der Waals surface area contributed by atoms with Gasteiger partial charge >= 0.3 is 0 Å². The smallest absolute Gasteiger partial charge is 0.0951 e. The van der Waals surface area contributed by atoms with E-state index in [-0.39, 0.29) is 0 Å². The second-order valence-corrected chi connectivity index (χ2v) is 4.76. The van der Waals surface area contributed by atoms with E-state index in [2.05, 4.69) is 16.4 Å². The first-order valence-corrected chi connectivity index (χ1v) is 6.64. The third-order valence-electron chi connectivity index (χ3n) is 3.32. The first-order valence-electron chi connectivity index (χ1n) is 6.64. The second-order valence-electron chi connectivity index (χ2n) is 4.76. The SMILES string of the molecule is N#CCc1ccc(Nc2ccnc3c(N)cccc23)cc1. The third kappa shape index (κ3) is 2.63. The first kappa shape index (κ1) is 12.9. The highest BCUT2D eigenvalue weighted by molar-refractivity contribution is 5.98. The maximum absolute atomic E-state index is 8.68. The van der Waals surface area contributed by atoms with Crippen LogP contribution >= 0.6 is 0 Å². The molecule has 0 spiro atoms. The van der Waals surface area contributed by atoms with Crippen LogP contribution in [-0.4, -0.2) is 4.98 Å². The van der Waals surface area contributed by atoms with Crippen LogP contribution in [0.1, 0.15) is 5.56 Å². The van der Waals surface area contributed by atoms with E-state index in [9.17, 15) is 0 Å². The predicted octanol–water partition coefficient (Wildman–Crippen LogP) is 3.63. The molecule has 0 saturated carbocycles. The number of nitrogens with one attached hydrogen (secondary N) is 1. The van der Waals surface area contributed by atoms with Crippen molar-refractivity contribution in [3.63, 3.8) is 0 Å². The Morgan fingerprint density at radius 1 is 1.10 bits per heavy atom. The van der Waals surface area contributed by atoms with E-state index in [4.69, 9.17) is 11.0 Å². The molecule has 0 fully saturated rings. The fraction of sp³-hybridized carbons (Fsp3) is 0.0588. The van der Waals surface area contributed by atoms with Gasteiger partial charge in [-0.05, 0) is 29.8 Å². The normalized spacial score (nSPS) is 10.2. The average Bonchev–Trinajstić information content (AvgIpc) is 2.51. The standard InChI is InChI=1S/C17H14N4/c18-10-8-12-4-6-13(7-5-12)21-16-9-11-20-17-14(16)2-1-3-15(17)19/h1-7,9,11H,8,19H2,(H,20,21). The number of hydrogen-bond donors (Lipinski definition) is 2. The zero-order valence-corrected chi connectivity index (χ0v) is 11.4. The zero-order chi connectivity index (χ0) is 14.7. The number of anilines is 3. The van der Waals surface area contributed by atoms with Gasteiger partial charge in [0, 0.05) is 23.0 Å². The lowest BCUT2D eigenvalue weighted by Crippen LogP contribution is -1.95. The second kappa shape index (κ2) is 5.51. The lowest BCUT2D eigenvalue weighted by atomic mass is 10.1. The van der Waals surface area contributed by atoms with Gasteiger partial charge in [0.2, 0.25) is 0 Å². The Morgan fingerprint density at radius 2 is 1.90 bits per heavy atom. The van der Waals surface area contributed by atoms with Gasteiger partial charge in [0.15, 0.2) is 0 Å². The minimum absolute atomic E-state index is 0.426. The molecule has 3 rings (SSSR count). The molecule has 0 bridgehead atoms. The van der Waals surface area contributed by atoms with Crippen molar-refractivity contribution in [2.75, 3.05) is 11.1 Å². The van der Waals surface area contributed by atoms with Crippen molar-refractivity contribution in [1.82, 2.24) is 4.98 Å². The summed E-state index contributed by atoms with van der Waals surface area (Å²) in [5.41, 5.74) is 10.3. The van der Waals surface area contributed by atoms with Crippen molar-refractivity contribution < 1.29 is 0 Å². The number of nitriles is 1. The van der Waals surface area contributed by atoms with Gasteiger partial charge in [-0.2, -0.15) is 5.26 Å². The first-order chi connectivity index (χ1) is 10.3. The highest BCUT2D eigenvalue weighted by atomic mass is 14.9. The molecule has 4 nitrogen and oxygen atoms in total. The lowest BCUT2D eigenvalue weighted by molar-refractivity contribution is 1.26. The van der Waals surface area contributed by atoms with Crippen LogP contribution in [0.2, 0.25) is 0 Å². The molecule has 21 heavy (non-hydrogen) atoms. The number of nitrogens with zero attached hydrogens (tertiary/aromatic N) is 2. The van der Waals surface area contributed by atoms with Crippen LogP contribution in [0.3, 0.4) is 0 Å². The Labute approximate surface area is 122 Å². The predicted molar refractivity (Wildman–Crippen MR) is 85.2 cm³/mol. The molecule has 0 aliphatic heterocycles. The number of pyridine rings is 1. The molecule has 0 amide bonds. The van der Waals surface area contributed by atoms with Crippen LogP contribution in [0.4, 0.5) is 17.1 Å². The van der Waals surface area contributed by atoms with E-state index in [0.717, 1.165) is 27.8 Å². The Kier molecular flexibility index (Phi) is 3.40. The number of para-hydroxylation sites is 1. The minimum Gasteiger partial charge on any atom is -0.397 e. The van der Waals surface area contributed by atoms with Crippen molar-refractivity contribution in [3.8, 4) is 6.07 Å². The highest BCUT2D eigenvalue weighted by Crippen LogP contribution is 2.28. The van der Waals surface area contributed by atoms with Crippen LogP contribution in [0, 0.1) is 11.3 Å². The molecule has 3 aromatic rings. The van der Waals surface area contributed by atoms with Gasteiger partial charge in [0.25, 0.3) is 0 Å². The molecule has 0 atom stereocenters. The Hall–Kier alpha value is -3.06. The van der Waals surface area contributed by atoms with Gasteiger partial charge in [-0.1, -0.05) is 24.3 Å². The zero-order valence-electron chi connectivity index (χ0n) is 11.4. The van der Waals surface area contributed by atoms with Gasteiger partial charge < -0.3 is 11.1 Å². The molecule has 4 heteroatoms. The molecule has 2 aromatic carbocycles. The van der Waals surface area contributed by atoms with E-state index in [1.54, 1.807) is 6.20 Å². The van der Waals surface area contributed by atoms with Gasteiger partial charge in [-0.25, -0.2) is 0 Å². The Balaban J connectivity index is 1.95. The summed E-state index contributed by atoms with van der Waals surface area (Å²) in [6.07, 6.45) is 2.17. The monoisotopic (exact) mass is 274 g/mol. The van der Waals surface area contributed by atoms with Gasteiger partial charge in [-0.3, -0.25) is 4.98 Å². The van der Waals surface area contributed by atoms with Crippen LogP contribution in [0.25, 0.3) is 10.9 Å². The van der Waals surface area contributed by atoms with Crippen LogP contribution in [0.15, 0.2) is 54.7 Å². The number of rotatable bonds is 3. The van der Waals surface area contributed by atoms with Crippen LogP contribution in [0.5, 0.6) is 0 Å². The molecule has 0 unspecified atom stereocenters. The van der Waals surface area contributed by atoms with Crippen LogP contribution < -0.4 is 11.1 Å². The van der Waals surface area contributed by atoms with Crippen molar-refractivity contribution in [1.29, 1.82) is 5.26 Å². The van der Waals surface area contributed by atoms with Crippen molar-refractivity contribution in [2.45, 2.75) is 6.42 Å². The van der Waals surface area contributed by atoms with E-state index in [1.165, 1.54) is 0 Å². The van der Waals surface area contributed by atoms with E-state index in [1.807, 2.05) is 48.5 Å². The summed E-state index contributed by atoms with van der Waals surface area (Å²) >= 11 is 0. The summed E-state index contributed by atoms with van der Waals surface area (Å²) in [5, 5.41) is 13.0. The van der Waals surface area contributed by atoms with Crippen molar-refractivity contribution >= 4 is 28.0 Å². The number of nitrogens with two attached hydrogens (primary N) is 1. The van der Waals surface area contributed by atoms with Gasteiger partial charge in [0.05, 0.1) is 23.7 Å². The minimum atomic E-state index is 0.426. The van der Waals surface area contributed by atoms with E-state index in [0.29, 0.717) is 12.1 Å². The third-order valence-corrected chi connectivity index (χ3v) is 3.32. The van der Waals surface area contributed by atoms with Gasteiger partial charge in [0.1, 0.15) is 0 Å². The summed E-state index contributed by atoms with van der Waals surface area (Å²) < 4.78 is 0. The largest absolute Gasteiger partial charge is 0.397 e. The van der Waals surface area contributed by atoms with Crippen molar-refractivity contribution in [3.05, 3.63) is 60.3 Å². The fourth-order valence-corrected chi connectivity index (χ4v) is 2.26. The Bertz CT molecular complexity index is 816. The topological polar surface area (TPSA) is 74.7 Å². The summed E-state index contributed by atoms with van der Waals surface area (Å²) in [4.78, 5) is 4.32. The maximum Gasteiger partial charge on any atom is 0.0951 e. The molecule has 102 valence electrons. The number of fused-ring (bicyclic) bond motifs is 1. The quantitative estimate of drug-likeness (QED) is 0.715. The molecule has 1 heterocycles. The molecule has 0 saturated heterocycles. The summed E-state index contributed by atoms with van der Waals surface area (Å²) in [7, 11) is 0. The van der Waals surface area contributed by atoms with E-state index >= 15 is 0 Å². The number of benzene rings is 2. The molecule has 0 aliphatic carbocycles. The van der Waals surface area contributed by atoms with Crippen molar-refractivity contribution in [2.24, 2.45) is 0 Å². The van der Waals surface area contributed by atoms with E-state index < -0.39 is 0 Å². The lowest BCUT2D eigenvalue weighted by Gasteiger charge is -2.10. The molecule has 1 aromatic heterocycles. The maximum atomic E-state index is 8.68. The summed E-state index contributed by atoms with van der Waals surface area (Å²) in [5.74, 6) is 0. The van der Waals surface area contributed by atoms with Crippen LogP contribution in [-0.2, 0) is 6.42 Å². The number of hydrogen-bond acceptors (Lipinski definition) is 4. The number of aromatic nitrogens is 1. The molecular weight excluding hydrogens is 260 g/mol. The summed E-state index contributed by atoms with van der Waals surface area (Å²) in [6, 6.07) is 17.6.